The minimum Gasteiger partial charge on any atom is -0.475 e. The fourth-order valence-electron chi connectivity index (χ4n) is 1.65. The maximum atomic E-state index is 11.7. The zero-order valence-corrected chi connectivity index (χ0v) is 12.5. The van der Waals surface area contributed by atoms with E-state index in [1.54, 1.807) is 45.9 Å². The van der Waals surface area contributed by atoms with Crippen LogP contribution in [0.4, 0.5) is 10.5 Å². The highest BCUT2D eigenvalue weighted by Gasteiger charge is 2.17. The minimum atomic E-state index is -1.45. The van der Waals surface area contributed by atoms with E-state index in [0.717, 1.165) is 5.56 Å². The summed E-state index contributed by atoms with van der Waals surface area (Å²) in [4.78, 5) is 33.3. The summed E-state index contributed by atoms with van der Waals surface area (Å²) in [6.07, 6.45) is -0.747. The van der Waals surface area contributed by atoms with Crippen LogP contribution in [-0.4, -0.2) is 28.6 Å². The molecule has 0 atom stereocenters. The molecule has 0 heterocycles. The highest BCUT2D eigenvalue weighted by molar-refractivity contribution is 6.33. The predicted molar refractivity (Wildman–Crippen MR) is 77.4 cm³/mol. The van der Waals surface area contributed by atoms with Crippen LogP contribution in [0.3, 0.4) is 0 Å². The van der Waals surface area contributed by atoms with Crippen LogP contribution >= 0.6 is 0 Å². The molecule has 0 radical (unpaired) electrons. The zero-order valence-electron chi connectivity index (χ0n) is 12.5. The average molecular weight is 293 g/mol. The van der Waals surface area contributed by atoms with Gasteiger partial charge in [0.05, 0.1) is 0 Å². The Labute approximate surface area is 123 Å². The number of carbonyl (C=O) groups is 3. The molecule has 0 aliphatic carbocycles. The molecule has 0 aliphatic heterocycles. The highest BCUT2D eigenvalue weighted by Crippen LogP contribution is 2.18. The first kappa shape index (κ1) is 16.7. The molecule has 0 bridgehead atoms. The first-order valence-corrected chi connectivity index (χ1v) is 6.44. The van der Waals surface area contributed by atoms with Gasteiger partial charge < -0.3 is 9.84 Å². The maximum Gasteiger partial charge on any atom is 0.412 e. The molecule has 0 aromatic heterocycles. The summed E-state index contributed by atoms with van der Waals surface area (Å²) in [5.74, 6) is -2.33. The van der Waals surface area contributed by atoms with Crippen molar-refractivity contribution in [1.82, 2.24) is 0 Å². The van der Waals surface area contributed by atoms with Crippen molar-refractivity contribution in [2.75, 3.05) is 5.32 Å². The second-order valence-corrected chi connectivity index (χ2v) is 5.68. The number of hydrogen-bond donors (Lipinski definition) is 2. The minimum absolute atomic E-state index is 0.178. The fourth-order valence-corrected chi connectivity index (χ4v) is 1.65. The van der Waals surface area contributed by atoms with E-state index in [-0.39, 0.29) is 6.42 Å². The molecule has 1 amide bonds. The number of ether oxygens (including phenoxy) is 1. The van der Waals surface area contributed by atoms with Crippen molar-refractivity contribution in [2.45, 2.75) is 39.7 Å². The van der Waals surface area contributed by atoms with Crippen molar-refractivity contribution in [3.63, 3.8) is 0 Å². The van der Waals surface area contributed by atoms with Gasteiger partial charge in [0.2, 0.25) is 5.78 Å². The third kappa shape index (κ3) is 5.64. The monoisotopic (exact) mass is 293 g/mol. The summed E-state index contributed by atoms with van der Waals surface area (Å²) in [5, 5.41) is 11.2. The van der Waals surface area contributed by atoms with Gasteiger partial charge in [-0.25, -0.2) is 9.59 Å². The number of carboxylic acid groups (broad SMARTS) is 1. The van der Waals surface area contributed by atoms with E-state index in [2.05, 4.69) is 5.32 Å². The van der Waals surface area contributed by atoms with Gasteiger partial charge in [0, 0.05) is 12.1 Å². The molecule has 1 aromatic rings. The van der Waals surface area contributed by atoms with E-state index in [1.807, 2.05) is 0 Å². The van der Waals surface area contributed by atoms with Gasteiger partial charge in [0.15, 0.2) is 0 Å². The largest absolute Gasteiger partial charge is 0.475 e. The zero-order chi connectivity index (χ0) is 16.2. The molecular formula is C15H19NO5. The molecule has 2 N–H and O–H groups in total. The molecule has 0 aliphatic rings. The lowest BCUT2D eigenvalue weighted by Gasteiger charge is -2.20. The Hall–Kier alpha value is -2.37. The number of anilines is 1. The third-order valence-electron chi connectivity index (χ3n) is 2.53. The lowest BCUT2D eigenvalue weighted by atomic mass is 10.0. The summed E-state index contributed by atoms with van der Waals surface area (Å²) in [5.41, 5.74) is 1.26. The fraction of sp³-hybridized carbons (Fsp3) is 0.400. The first-order valence-electron chi connectivity index (χ1n) is 6.44. The van der Waals surface area contributed by atoms with Gasteiger partial charge in [0.25, 0.3) is 0 Å². The Balaban J connectivity index is 2.77. The molecule has 1 aromatic carbocycles. The number of amides is 1. The summed E-state index contributed by atoms with van der Waals surface area (Å²) in [7, 11) is 0. The van der Waals surface area contributed by atoms with Crippen molar-refractivity contribution in [1.29, 1.82) is 0 Å². The number of aryl methyl sites for hydroxylation is 1. The molecule has 6 heteroatoms. The Morgan fingerprint density at radius 1 is 1.24 bits per heavy atom. The molecule has 0 saturated carbocycles. The molecule has 0 fully saturated rings. The van der Waals surface area contributed by atoms with Crippen LogP contribution in [0.25, 0.3) is 0 Å². The second-order valence-electron chi connectivity index (χ2n) is 5.68. The molecule has 0 saturated heterocycles. The molecule has 0 spiro atoms. The summed E-state index contributed by atoms with van der Waals surface area (Å²) in [6, 6.07) is 4.87. The Morgan fingerprint density at radius 3 is 2.33 bits per heavy atom. The lowest BCUT2D eigenvalue weighted by molar-refractivity contribution is -0.148. The Morgan fingerprint density at radius 2 is 1.86 bits per heavy atom. The van der Waals surface area contributed by atoms with Gasteiger partial charge >= 0.3 is 12.1 Å². The van der Waals surface area contributed by atoms with Crippen LogP contribution in [0.1, 0.15) is 31.9 Å². The van der Waals surface area contributed by atoms with Gasteiger partial charge in [-0.1, -0.05) is 12.1 Å². The van der Waals surface area contributed by atoms with E-state index in [4.69, 9.17) is 9.84 Å². The normalized spacial score (nSPS) is 10.9. The molecule has 114 valence electrons. The van der Waals surface area contributed by atoms with Gasteiger partial charge in [-0.2, -0.15) is 0 Å². The topological polar surface area (TPSA) is 92.7 Å². The predicted octanol–water partition coefficient (Wildman–Crippen LogP) is 2.54. The third-order valence-corrected chi connectivity index (χ3v) is 2.53. The van der Waals surface area contributed by atoms with Crippen LogP contribution in [0.5, 0.6) is 0 Å². The van der Waals surface area contributed by atoms with Crippen molar-refractivity contribution in [3.8, 4) is 0 Å². The number of benzene rings is 1. The lowest BCUT2D eigenvalue weighted by Crippen LogP contribution is -2.27. The number of hydrogen-bond acceptors (Lipinski definition) is 4. The average Bonchev–Trinajstić information content (AvgIpc) is 2.30. The standard InChI is InChI=1S/C15H19NO5/c1-9-7-10(8-12(17)13(18)19)5-6-11(9)16-14(20)21-15(2,3)4/h5-7H,8H2,1-4H3,(H,16,20)(H,18,19). The quantitative estimate of drug-likeness (QED) is 0.832. The van der Waals surface area contributed by atoms with Crippen molar-refractivity contribution in [3.05, 3.63) is 29.3 Å². The van der Waals surface area contributed by atoms with Crippen molar-refractivity contribution >= 4 is 23.5 Å². The maximum absolute atomic E-state index is 11.7. The number of rotatable bonds is 4. The number of nitrogens with one attached hydrogen (secondary N) is 1. The Kier molecular flexibility index (Phi) is 5.07. The van der Waals surface area contributed by atoms with Crippen LogP contribution in [0, 0.1) is 6.92 Å². The number of aliphatic carboxylic acids is 1. The summed E-state index contributed by atoms with van der Waals surface area (Å²) in [6.45, 7) is 7.04. The van der Waals surface area contributed by atoms with Gasteiger partial charge in [-0.05, 0) is 44.9 Å². The van der Waals surface area contributed by atoms with E-state index >= 15 is 0 Å². The van der Waals surface area contributed by atoms with Crippen LogP contribution in [-0.2, 0) is 20.7 Å². The van der Waals surface area contributed by atoms with Crippen molar-refractivity contribution in [2.24, 2.45) is 0 Å². The summed E-state index contributed by atoms with van der Waals surface area (Å²) < 4.78 is 5.14. The van der Waals surface area contributed by atoms with E-state index in [9.17, 15) is 14.4 Å². The molecular weight excluding hydrogens is 274 g/mol. The molecule has 0 unspecified atom stereocenters. The molecule has 6 nitrogen and oxygen atoms in total. The Bertz CT molecular complexity index is 572. The number of carbonyl (C=O) groups excluding carboxylic acids is 2. The highest BCUT2D eigenvalue weighted by atomic mass is 16.6. The summed E-state index contributed by atoms with van der Waals surface area (Å²) >= 11 is 0. The SMILES string of the molecule is Cc1cc(CC(=O)C(=O)O)ccc1NC(=O)OC(C)(C)C. The van der Waals surface area contributed by atoms with Crippen LogP contribution < -0.4 is 5.32 Å². The van der Waals surface area contributed by atoms with E-state index in [1.165, 1.54) is 0 Å². The van der Waals surface area contributed by atoms with Gasteiger partial charge in [-0.3, -0.25) is 10.1 Å². The number of Topliss-reactive ketones (excluding diaryl/α,β-unsaturated/α-hetero) is 1. The smallest absolute Gasteiger partial charge is 0.412 e. The van der Waals surface area contributed by atoms with Crippen LogP contribution in [0.2, 0.25) is 0 Å². The number of ketones is 1. The second kappa shape index (κ2) is 6.39. The van der Waals surface area contributed by atoms with E-state index in [0.29, 0.717) is 11.3 Å². The molecule has 1 rings (SSSR count). The van der Waals surface area contributed by atoms with E-state index < -0.39 is 23.4 Å². The van der Waals surface area contributed by atoms with Gasteiger partial charge in [0.1, 0.15) is 5.60 Å². The molecule has 21 heavy (non-hydrogen) atoms. The van der Waals surface area contributed by atoms with Crippen molar-refractivity contribution < 1.29 is 24.2 Å². The van der Waals surface area contributed by atoms with Crippen LogP contribution in [0.15, 0.2) is 18.2 Å². The first-order chi connectivity index (χ1) is 9.58. The number of carboxylic acids is 1. The van der Waals surface area contributed by atoms with Gasteiger partial charge in [-0.15, -0.1) is 0 Å².